The number of aromatic nitrogens is 1. The molecule has 0 amide bonds. The Labute approximate surface area is 156 Å². The average molecular weight is 339 g/mol. The molecule has 3 aromatic rings. The summed E-state index contributed by atoms with van der Waals surface area (Å²) in [6.45, 7) is 4.32. The van der Waals surface area contributed by atoms with Gasteiger partial charge < -0.3 is 4.98 Å². The second-order valence-corrected chi connectivity index (χ2v) is 6.90. The molecule has 1 aromatic heterocycles. The Morgan fingerprint density at radius 2 is 1.92 bits per heavy atom. The lowest BCUT2D eigenvalue weighted by atomic mass is 9.87. The van der Waals surface area contributed by atoms with Crippen molar-refractivity contribution < 1.29 is 0 Å². The van der Waals surface area contributed by atoms with E-state index in [-0.39, 0.29) is 0 Å². The number of hydrogen-bond acceptors (Lipinski definition) is 0. The molecule has 0 unspecified atom stereocenters. The minimum atomic E-state index is 1.02. The molecule has 130 valence electrons. The molecule has 0 spiro atoms. The van der Waals surface area contributed by atoms with Crippen LogP contribution in [0.2, 0.25) is 0 Å². The smallest absolute Gasteiger partial charge is 0.0460 e. The molecule has 0 saturated heterocycles. The molecule has 1 aliphatic carbocycles. The molecule has 0 radical (unpaired) electrons. The third-order valence-corrected chi connectivity index (χ3v) is 5.20. The van der Waals surface area contributed by atoms with Gasteiger partial charge in [-0.05, 0) is 71.3 Å². The first-order valence-corrected chi connectivity index (χ1v) is 9.53. The van der Waals surface area contributed by atoms with Crippen LogP contribution < -0.4 is 0 Å². The minimum Gasteiger partial charge on any atom is -0.361 e. The highest BCUT2D eigenvalue weighted by molar-refractivity contribution is 5.88. The van der Waals surface area contributed by atoms with Crippen molar-refractivity contribution in [3.05, 3.63) is 89.1 Å². The van der Waals surface area contributed by atoms with Crippen molar-refractivity contribution in [1.29, 1.82) is 0 Å². The number of aromatic amines is 1. The lowest BCUT2D eigenvalue weighted by Gasteiger charge is -2.17. The predicted octanol–water partition coefficient (Wildman–Crippen LogP) is 6.79. The van der Waals surface area contributed by atoms with E-state index in [0.29, 0.717) is 0 Å². The molecule has 0 aliphatic heterocycles. The lowest BCUT2D eigenvalue weighted by Crippen LogP contribution is -2.00. The van der Waals surface area contributed by atoms with Crippen molar-refractivity contribution >= 4 is 6.08 Å². The van der Waals surface area contributed by atoms with Crippen LogP contribution >= 0.6 is 0 Å². The first-order valence-electron chi connectivity index (χ1n) is 9.53. The number of H-pyrrole nitrogens is 1. The van der Waals surface area contributed by atoms with Crippen LogP contribution in [-0.2, 0) is 12.8 Å². The monoisotopic (exact) mass is 339 g/mol. The first-order chi connectivity index (χ1) is 12.8. The van der Waals surface area contributed by atoms with Gasteiger partial charge in [-0.2, -0.15) is 0 Å². The summed E-state index contributed by atoms with van der Waals surface area (Å²) in [6.07, 6.45) is 13.9. The van der Waals surface area contributed by atoms with Crippen LogP contribution in [0.1, 0.15) is 42.5 Å². The lowest BCUT2D eigenvalue weighted by molar-refractivity contribution is 0.918. The van der Waals surface area contributed by atoms with E-state index in [1.165, 1.54) is 44.6 Å². The Morgan fingerprint density at radius 1 is 1.04 bits per heavy atom. The van der Waals surface area contributed by atoms with E-state index in [2.05, 4.69) is 85.6 Å². The van der Waals surface area contributed by atoms with E-state index in [9.17, 15) is 0 Å². The zero-order chi connectivity index (χ0) is 17.9. The highest BCUT2D eigenvalue weighted by Crippen LogP contribution is 2.44. The number of fused-ring (bicyclic) bond motifs is 3. The molecule has 0 bridgehead atoms. The van der Waals surface area contributed by atoms with Gasteiger partial charge in [0, 0.05) is 17.5 Å². The summed E-state index contributed by atoms with van der Waals surface area (Å²) in [7, 11) is 0. The van der Waals surface area contributed by atoms with Gasteiger partial charge in [0.15, 0.2) is 0 Å². The van der Waals surface area contributed by atoms with Crippen molar-refractivity contribution in [3.8, 4) is 22.4 Å². The van der Waals surface area contributed by atoms with Crippen molar-refractivity contribution in [2.24, 2.45) is 0 Å². The normalized spacial score (nSPS) is 12.8. The second-order valence-electron chi connectivity index (χ2n) is 6.90. The Balaban J connectivity index is 2.01. The first kappa shape index (κ1) is 16.7. The maximum atomic E-state index is 3.47. The van der Waals surface area contributed by atoms with Gasteiger partial charge in [-0.3, -0.25) is 0 Å². The fourth-order valence-electron chi connectivity index (χ4n) is 4.09. The highest BCUT2D eigenvalue weighted by atomic mass is 14.7. The van der Waals surface area contributed by atoms with Crippen molar-refractivity contribution in [3.63, 3.8) is 0 Å². The van der Waals surface area contributed by atoms with Gasteiger partial charge in [0.25, 0.3) is 0 Å². The summed E-state index contributed by atoms with van der Waals surface area (Å²) in [5, 5.41) is 0. The molecule has 26 heavy (non-hydrogen) atoms. The maximum absolute atomic E-state index is 3.47. The molecule has 1 heterocycles. The molecule has 1 N–H and O–H groups in total. The fourth-order valence-corrected chi connectivity index (χ4v) is 4.09. The number of benzene rings is 2. The minimum absolute atomic E-state index is 1.02. The molecule has 1 heteroatoms. The number of allylic oxidation sites excluding steroid dienone is 3. The Hall–Kier alpha value is -2.80. The van der Waals surface area contributed by atoms with E-state index < -0.39 is 0 Å². The average Bonchev–Trinajstić information content (AvgIpc) is 3.30. The topological polar surface area (TPSA) is 15.8 Å². The number of rotatable bonds is 5. The Morgan fingerprint density at radius 3 is 2.69 bits per heavy atom. The van der Waals surface area contributed by atoms with Crippen molar-refractivity contribution in [2.45, 2.75) is 33.1 Å². The predicted molar refractivity (Wildman–Crippen MR) is 112 cm³/mol. The van der Waals surface area contributed by atoms with E-state index in [1.807, 2.05) is 6.20 Å². The third kappa shape index (κ3) is 2.84. The van der Waals surface area contributed by atoms with E-state index >= 15 is 0 Å². The summed E-state index contributed by atoms with van der Waals surface area (Å²) >= 11 is 0. The molecule has 0 fully saturated rings. The summed E-state index contributed by atoms with van der Waals surface area (Å²) in [5.74, 6) is 0. The third-order valence-electron chi connectivity index (χ3n) is 5.20. The Kier molecular flexibility index (Phi) is 4.62. The van der Waals surface area contributed by atoms with E-state index in [4.69, 9.17) is 0 Å². The van der Waals surface area contributed by atoms with Crippen molar-refractivity contribution in [1.82, 2.24) is 4.98 Å². The van der Waals surface area contributed by atoms with Gasteiger partial charge in [0.1, 0.15) is 0 Å². The van der Waals surface area contributed by atoms with Gasteiger partial charge >= 0.3 is 0 Å². The summed E-state index contributed by atoms with van der Waals surface area (Å²) in [6, 6.07) is 15.5. The number of nitrogens with one attached hydrogen (secondary N) is 1. The Bertz CT molecular complexity index is 972. The van der Waals surface area contributed by atoms with Gasteiger partial charge in [-0.25, -0.2) is 0 Å². The standard InChI is InChI=1S/C25H25N/c1-3-5-6-11-19-16-22-20-13-8-7-12-18(20)17-23(22)25(21(19)10-4-2)24-14-9-15-26-24/h3,5-9,11-16,26H,4,10,17H2,1-2H3. The molecule has 1 nitrogen and oxygen atoms in total. The van der Waals surface area contributed by atoms with Crippen LogP contribution in [-0.4, -0.2) is 4.98 Å². The maximum Gasteiger partial charge on any atom is 0.0460 e. The van der Waals surface area contributed by atoms with Crippen molar-refractivity contribution in [2.75, 3.05) is 0 Å². The van der Waals surface area contributed by atoms with Gasteiger partial charge in [0.05, 0.1) is 0 Å². The summed E-state index contributed by atoms with van der Waals surface area (Å²) < 4.78 is 0. The SMILES string of the molecule is CC=CC=Cc1cc2c(c(-c3ccc[nH]3)c1CCC)Cc1ccccc1-2. The fraction of sp³-hybridized carbons (Fsp3) is 0.200. The highest BCUT2D eigenvalue weighted by Gasteiger charge is 2.25. The van der Waals surface area contributed by atoms with Gasteiger partial charge in [-0.15, -0.1) is 0 Å². The molecule has 4 rings (SSSR count). The van der Waals surface area contributed by atoms with Crippen LogP contribution in [0.3, 0.4) is 0 Å². The molecule has 2 aromatic carbocycles. The van der Waals surface area contributed by atoms with Gasteiger partial charge in [0.2, 0.25) is 0 Å². The largest absolute Gasteiger partial charge is 0.361 e. The van der Waals surface area contributed by atoms with E-state index in [0.717, 1.165) is 19.3 Å². The van der Waals surface area contributed by atoms with Crippen LogP contribution in [0.15, 0.2) is 66.9 Å². The molecule has 1 aliphatic rings. The quantitative estimate of drug-likeness (QED) is 0.385. The van der Waals surface area contributed by atoms with Crippen LogP contribution in [0.5, 0.6) is 0 Å². The van der Waals surface area contributed by atoms with Crippen LogP contribution in [0, 0.1) is 0 Å². The molecule has 0 saturated carbocycles. The molecular weight excluding hydrogens is 314 g/mol. The number of hydrogen-bond donors (Lipinski definition) is 1. The summed E-state index contributed by atoms with van der Waals surface area (Å²) in [4.78, 5) is 3.47. The summed E-state index contributed by atoms with van der Waals surface area (Å²) in [5.41, 5.74) is 11.1. The molecule has 0 atom stereocenters. The zero-order valence-electron chi connectivity index (χ0n) is 15.5. The van der Waals surface area contributed by atoms with Crippen LogP contribution in [0.25, 0.3) is 28.5 Å². The van der Waals surface area contributed by atoms with Crippen LogP contribution in [0.4, 0.5) is 0 Å². The molecular formula is C25H25N. The van der Waals surface area contributed by atoms with E-state index in [1.54, 1.807) is 0 Å². The second kappa shape index (κ2) is 7.21. The van der Waals surface area contributed by atoms with Gasteiger partial charge in [-0.1, -0.05) is 61.9 Å². The zero-order valence-corrected chi connectivity index (χ0v) is 15.5.